The van der Waals surface area contributed by atoms with E-state index in [4.69, 9.17) is 11.6 Å². The molecule has 2 amide bonds. The molecule has 3 aromatic carbocycles. The number of benzene rings is 3. The molecule has 1 aliphatic rings. The molecule has 4 rings (SSSR count). The van der Waals surface area contributed by atoms with Crippen LogP contribution in [0.25, 0.3) is 0 Å². The molecule has 0 bridgehead atoms. The van der Waals surface area contributed by atoms with E-state index in [2.05, 4.69) is 27.9 Å². The molecular formula is C31H35ClIN3O4S. The molecule has 0 radical (unpaired) electrons. The van der Waals surface area contributed by atoms with Crippen molar-refractivity contribution in [3.63, 3.8) is 0 Å². The van der Waals surface area contributed by atoms with Gasteiger partial charge in [0.15, 0.2) is 0 Å². The third kappa shape index (κ3) is 8.93. The second-order valence-corrected chi connectivity index (χ2v) is 14.0. The summed E-state index contributed by atoms with van der Waals surface area (Å²) in [6.07, 6.45) is 6.41. The molecule has 0 spiro atoms. The number of halogens is 2. The van der Waals surface area contributed by atoms with Crippen molar-refractivity contribution in [2.75, 3.05) is 17.1 Å². The van der Waals surface area contributed by atoms with Gasteiger partial charge < -0.3 is 10.2 Å². The maximum atomic E-state index is 14.2. The largest absolute Gasteiger partial charge is 0.352 e. The lowest BCUT2D eigenvalue weighted by atomic mass is 9.94. The summed E-state index contributed by atoms with van der Waals surface area (Å²) in [5.41, 5.74) is 1.95. The molecule has 3 aromatic rings. The van der Waals surface area contributed by atoms with Crippen molar-refractivity contribution >= 4 is 61.7 Å². The number of nitrogens with one attached hydrogen (secondary N) is 1. The van der Waals surface area contributed by atoms with E-state index in [1.165, 1.54) is 4.90 Å². The van der Waals surface area contributed by atoms with Gasteiger partial charge >= 0.3 is 0 Å². The molecule has 1 fully saturated rings. The molecule has 7 nitrogen and oxygen atoms in total. The molecule has 1 saturated carbocycles. The summed E-state index contributed by atoms with van der Waals surface area (Å²) in [7, 11) is -3.81. The Hall–Kier alpha value is -2.63. The van der Waals surface area contributed by atoms with Gasteiger partial charge in [0, 0.05) is 27.6 Å². The first-order valence-corrected chi connectivity index (χ1v) is 17.0. The minimum atomic E-state index is -3.81. The molecule has 0 saturated heterocycles. The number of carbonyl (C=O) groups is 2. The predicted octanol–water partition coefficient (Wildman–Crippen LogP) is 5.80. The maximum Gasteiger partial charge on any atom is 0.244 e. The molecule has 1 N–H and O–H groups in total. The molecule has 0 aliphatic heterocycles. The summed E-state index contributed by atoms with van der Waals surface area (Å²) in [4.78, 5) is 29.6. The lowest BCUT2D eigenvalue weighted by Crippen LogP contribution is -2.55. The summed E-state index contributed by atoms with van der Waals surface area (Å²) in [5.74, 6) is -0.741. The number of amides is 2. The number of hydrogen-bond donors (Lipinski definition) is 1. The first-order valence-electron chi connectivity index (χ1n) is 13.7. The highest BCUT2D eigenvalue weighted by molar-refractivity contribution is 14.1. The highest BCUT2D eigenvalue weighted by atomic mass is 127. The number of sulfonamides is 1. The van der Waals surface area contributed by atoms with E-state index in [0.29, 0.717) is 16.3 Å². The van der Waals surface area contributed by atoms with Crippen LogP contribution in [0.2, 0.25) is 5.02 Å². The average molecular weight is 708 g/mol. The first-order chi connectivity index (χ1) is 19.6. The van der Waals surface area contributed by atoms with Crippen molar-refractivity contribution in [2.45, 2.75) is 57.2 Å². The highest BCUT2D eigenvalue weighted by Crippen LogP contribution is 2.24. The van der Waals surface area contributed by atoms with Crippen LogP contribution in [0.3, 0.4) is 0 Å². The number of carbonyl (C=O) groups excluding carboxylic acids is 2. The predicted molar refractivity (Wildman–Crippen MR) is 172 cm³/mol. The van der Waals surface area contributed by atoms with E-state index in [-0.39, 0.29) is 24.9 Å². The van der Waals surface area contributed by atoms with E-state index < -0.39 is 28.5 Å². The Labute approximate surface area is 261 Å². The van der Waals surface area contributed by atoms with Gasteiger partial charge in [-0.15, -0.1) is 0 Å². The average Bonchev–Trinajstić information content (AvgIpc) is 2.95. The van der Waals surface area contributed by atoms with E-state index in [0.717, 1.165) is 51.8 Å². The van der Waals surface area contributed by atoms with Crippen molar-refractivity contribution in [1.29, 1.82) is 0 Å². The van der Waals surface area contributed by atoms with Crippen LogP contribution in [-0.4, -0.2) is 50.0 Å². The second kappa shape index (κ2) is 14.5. The van der Waals surface area contributed by atoms with Crippen LogP contribution in [-0.2, 0) is 32.6 Å². The van der Waals surface area contributed by atoms with Gasteiger partial charge in [-0.1, -0.05) is 79.4 Å². The number of rotatable bonds is 11. The van der Waals surface area contributed by atoms with Gasteiger partial charge in [-0.3, -0.25) is 13.9 Å². The van der Waals surface area contributed by atoms with Crippen molar-refractivity contribution in [3.8, 4) is 0 Å². The summed E-state index contributed by atoms with van der Waals surface area (Å²) in [5, 5.41) is 3.66. The standard InChI is InChI=1S/C31H35ClIN3O4S/c1-41(39,40)36(27-18-16-25(33)17-19-27)22-30(37)35(21-24-12-8-9-15-28(24)32)29(20-23-10-4-2-5-11-23)31(38)34-26-13-6-3-7-14-26/h2,4-5,8-12,15-19,26,29H,3,6-7,13-14,20-22H2,1H3,(H,34,38)/t29-/m1/s1. The van der Waals surface area contributed by atoms with Crippen LogP contribution in [0.1, 0.15) is 43.2 Å². The summed E-state index contributed by atoms with van der Waals surface area (Å²) < 4.78 is 27.8. The molecule has 218 valence electrons. The zero-order valence-electron chi connectivity index (χ0n) is 23.0. The lowest BCUT2D eigenvalue weighted by molar-refractivity contribution is -0.140. The van der Waals surface area contributed by atoms with Crippen molar-refractivity contribution in [1.82, 2.24) is 10.2 Å². The second-order valence-electron chi connectivity index (χ2n) is 10.4. The fourth-order valence-corrected chi connectivity index (χ4v) is 6.53. The normalized spacial score (nSPS) is 14.7. The smallest absolute Gasteiger partial charge is 0.244 e. The van der Waals surface area contributed by atoms with Crippen LogP contribution in [0, 0.1) is 3.57 Å². The quantitative estimate of drug-likeness (QED) is 0.256. The topological polar surface area (TPSA) is 86.8 Å². The minimum absolute atomic E-state index is 0.0473. The van der Waals surface area contributed by atoms with Crippen molar-refractivity contribution in [3.05, 3.63) is 98.6 Å². The molecule has 0 unspecified atom stereocenters. The Balaban J connectivity index is 1.72. The van der Waals surface area contributed by atoms with Gasteiger partial charge in [0.1, 0.15) is 12.6 Å². The fraction of sp³-hybridized carbons (Fsp3) is 0.355. The summed E-state index contributed by atoms with van der Waals surface area (Å²) in [6, 6.07) is 22.8. The highest BCUT2D eigenvalue weighted by Gasteiger charge is 2.34. The molecule has 1 atom stereocenters. The lowest BCUT2D eigenvalue weighted by Gasteiger charge is -2.35. The molecule has 10 heteroatoms. The Kier molecular flexibility index (Phi) is 11.1. The van der Waals surface area contributed by atoms with E-state index in [9.17, 15) is 18.0 Å². The number of nitrogens with zero attached hydrogens (tertiary/aromatic N) is 2. The monoisotopic (exact) mass is 707 g/mol. The van der Waals surface area contributed by atoms with Crippen LogP contribution < -0.4 is 9.62 Å². The first kappa shape index (κ1) is 31.3. The maximum absolute atomic E-state index is 14.2. The van der Waals surface area contributed by atoms with Gasteiger partial charge in [-0.2, -0.15) is 0 Å². The van der Waals surface area contributed by atoms with Crippen molar-refractivity contribution < 1.29 is 18.0 Å². The molecule has 0 heterocycles. The zero-order chi connectivity index (χ0) is 29.4. The van der Waals surface area contributed by atoms with Gasteiger partial charge in [0.05, 0.1) is 11.9 Å². The van der Waals surface area contributed by atoms with Gasteiger partial charge in [0.25, 0.3) is 0 Å². The molecule has 0 aromatic heterocycles. The molecule has 41 heavy (non-hydrogen) atoms. The van der Waals surface area contributed by atoms with E-state index in [1.54, 1.807) is 36.4 Å². The Morgan fingerprint density at radius 1 is 0.951 bits per heavy atom. The Bertz CT molecular complexity index is 1430. The van der Waals surface area contributed by atoms with Crippen molar-refractivity contribution in [2.24, 2.45) is 0 Å². The van der Waals surface area contributed by atoms with Crippen LogP contribution in [0.15, 0.2) is 78.9 Å². The van der Waals surface area contributed by atoms with Gasteiger partial charge in [-0.05, 0) is 76.9 Å². The third-order valence-electron chi connectivity index (χ3n) is 7.31. The van der Waals surface area contributed by atoms with Gasteiger partial charge in [-0.25, -0.2) is 8.42 Å². The van der Waals surface area contributed by atoms with Gasteiger partial charge in [0.2, 0.25) is 21.8 Å². The van der Waals surface area contributed by atoms with Crippen LogP contribution >= 0.6 is 34.2 Å². The van der Waals surface area contributed by atoms with E-state index in [1.807, 2.05) is 42.5 Å². The summed E-state index contributed by atoms with van der Waals surface area (Å²) in [6.45, 7) is -0.399. The minimum Gasteiger partial charge on any atom is -0.352 e. The van der Waals surface area contributed by atoms with Crippen LogP contribution in [0.4, 0.5) is 5.69 Å². The number of hydrogen-bond acceptors (Lipinski definition) is 4. The number of anilines is 1. The van der Waals surface area contributed by atoms with Crippen LogP contribution in [0.5, 0.6) is 0 Å². The SMILES string of the molecule is CS(=O)(=O)N(CC(=O)N(Cc1ccccc1Cl)[C@H](Cc1ccccc1)C(=O)NC1CCCCC1)c1ccc(I)cc1. The molecule has 1 aliphatic carbocycles. The Morgan fingerprint density at radius 2 is 1.59 bits per heavy atom. The summed E-state index contributed by atoms with van der Waals surface area (Å²) >= 11 is 8.66. The third-order valence-corrected chi connectivity index (χ3v) is 9.54. The molecular weight excluding hydrogens is 673 g/mol. The van der Waals surface area contributed by atoms with E-state index >= 15 is 0 Å². The fourth-order valence-electron chi connectivity index (χ4n) is 5.13. The Morgan fingerprint density at radius 3 is 2.22 bits per heavy atom. The zero-order valence-corrected chi connectivity index (χ0v) is 26.7.